The van der Waals surface area contributed by atoms with Gasteiger partial charge >= 0.3 is 0 Å². The molecule has 7 heteroatoms. The quantitative estimate of drug-likeness (QED) is 0.909. The average Bonchev–Trinajstić information content (AvgIpc) is 2.74. The minimum Gasteiger partial charge on any atom is -0.379 e. The van der Waals surface area contributed by atoms with Gasteiger partial charge in [-0.15, -0.1) is 0 Å². The molecule has 0 radical (unpaired) electrons. The first kappa shape index (κ1) is 15.6. The van der Waals surface area contributed by atoms with Gasteiger partial charge < -0.3 is 15.4 Å². The number of hydrogen-bond donors (Lipinski definition) is 1. The first-order valence-electron chi connectivity index (χ1n) is 7.81. The fourth-order valence-electron chi connectivity index (χ4n) is 2.77. The number of aryl methyl sites for hydroxylation is 2. The molecule has 1 aliphatic rings. The largest absolute Gasteiger partial charge is 0.379 e. The number of nitrogens with two attached hydrogens (primary N) is 1. The normalized spacial score (nSPS) is 18.7. The third-order valence-corrected chi connectivity index (χ3v) is 3.85. The van der Waals surface area contributed by atoms with Crippen LogP contribution in [-0.2, 0) is 11.2 Å². The number of ether oxygens (including phenoxy) is 1. The van der Waals surface area contributed by atoms with Gasteiger partial charge in [0.05, 0.1) is 24.6 Å². The molecule has 23 heavy (non-hydrogen) atoms. The van der Waals surface area contributed by atoms with Crippen LogP contribution in [0.5, 0.6) is 0 Å². The van der Waals surface area contributed by atoms with Crippen molar-refractivity contribution in [3.05, 3.63) is 35.5 Å². The molecule has 1 saturated heterocycles. The van der Waals surface area contributed by atoms with Gasteiger partial charge in [-0.3, -0.25) is 9.97 Å². The van der Waals surface area contributed by atoms with Gasteiger partial charge in [0.1, 0.15) is 5.82 Å². The molecule has 122 valence electrons. The summed E-state index contributed by atoms with van der Waals surface area (Å²) in [4.78, 5) is 19.5. The number of nitrogen functional groups attached to an aromatic ring is 1. The molecule has 0 unspecified atom stereocenters. The van der Waals surface area contributed by atoms with Crippen molar-refractivity contribution in [2.45, 2.75) is 20.3 Å². The molecular weight excluding hydrogens is 292 g/mol. The topological polar surface area (TPSA) is 90.0 Å². The highest BCUT2D eigenvalue weighted by atomic mass is 16.5. The predicted octanol–water partition coefficient (Wildman–Crippen LogP) is 1.16. The summed E-state index contributed by atoms with van der Waals surface area (Å²) in [6.07, 6.45) is 4.49. The molecule has 1 aliphatic heterocycles. The Morgan fingerprint density at radius 1 is 1.22 bits per heavy atom. The van der Waals surface area contributed by atoms with E-state index < -0.39 is 0 Å². The Kier molecular flexibility index (Phi) is 4.66. The molecule has 0 amide bonds. The number of anilines is 2. The van der Waals surface area contributed by atoms with Crippen molar-refractivity contribution in [1.29, 1.82) is 0 Å². The molecule has 3 rings (SSSR count). The zero-order valence-electron chi connectivity index (χ0n) is 13.6. The Hall–Kier alpha value is -2.28. The highest BCUT2D eigenvalue weighted by Gasteiger charge is 2.21. The predicted molar refractivity (Wildman–Crippen MR) is 88.2 cm³/mol. The standard InChI is InChI=1S/C16H22N6O/c1-11-5-15(21-16(17)20-11)22-3-4-23-10-13(9-22)6-14-8-18-12(2)7-19-14/h5,7-8,13H,3-4,6,9-10H2,1-2H3,(H2,17,20,21)/t13-/m1/s1. The molecule has 2 N–H and O–H groups in total. The zero-order chi connectivity index (χ0) is 16.2. The van der Waals surface area contributed by atoms with Crippen LogP contribution in [0, 0.1) is 19.8 Å². The fraction of sp³-hybridized carbons (Fsp3) is 0.500. The van der Waals surface area contributed by atoms with Crippen LogP contribution in [0.25, 0.3) is 0 Å². The molecule has 0 bridgehead atoms. The lowest BCUT2D eigenvalue weighted by Crippen LogP contribution is -2.32. The SMILES string of the molecule is Cc1cnc(C[C@H]2COCCN(c3cc(C)nc(N)n3)C2)cn1. The van der Waals surface area contributed by atoms with E-state index in [-0.39, 0.29) is 0 Å². The van der Waals surface area contributed by atoms with Crippen molar-refractivity contribution >= 4 is 11.8 Å². The molecular formula is C16H22N6O. The number of aromatic nitrogens is 4. The van der Waals surface area contributed by atoms with Gasteiger partial charge in [0.25, 0.3) is 0 Å². The summed E-state index contributed by atoms with van der Waals surface area (Å²) >= 11 is 0. The Morgan fingerprint density at radius 2 is 2.09 bits per heavy atom. The maximum Gasteiger partial charge on any atom is 0.222 e. The third kappa shape index (κ3) is 4.13. The number of hydrogen-bond acceptors (Lipinski definition) is 7. The lowest BCUT2D eigenvalue weighted by molar-refractivity contribution is 0.123. The van der Waals surface area contributed by atoms with E-state index in [2.05, 4.69) is 24.8 Å². The number of rotatable bonds is 3. The Bertz CT molecular complexity index is 640. The second-order valence-corrected chi connectivity index (χ2v) is 5.97. The molecule has 0 saturated carbocycles. The van der Waals surface area contributed by atoms with E-state index in [4.69, 9.17) is 10.5 Å². The third-order valence-electron chi connectivity index (χ3n) is 3.85. The minimum atomic E-state index is 0.311. The Labute approximate surface area is 135 Å². The van der Waals surface area contributed by atoms with Crippen molar-refractivity contribution in [3.63, 3.8) is 0 Å². The van der Waals surface area contributed by atoms with Gasteiger partial charge in [0.15, 0.2) is 0 Å². The fourth-order valence-corrected chi connectivity index (χ4v) is 2.77. The molecule has 3 heterocycles. The second kappa shape index (κ2) is 6.87. The summed E-state index contributed by atoms with van der Waals surface area (Å²) in [5.74, 6) is 1.51. The summed E-state index contributed by atoms with van der Waals surface area (Å²) in [5, 5.41) is 0. The maximum absolute atomic E-state index is 5.78. The smallest absolute Gasteiger partial charge is 0.222 e. The van der Waals surface area contributed by atoms with Crippen molar-refractivity contribution in [3.8, 4) is 0 Å². The van der Waals surface area contributed by atoms with E-state index in [0.717, 1.165) is 42.4 Å². The van der Waals surface area contributed by atoms with Gasteiger partial charge in [-0.1, -0.05) is 0 Å². The van der Waals surface area contributed by atoms with E-state index in [1.54, 1.807) is 6.20 Å². The summed E-state index contributed by atoms with van der Waals surface area (Å²) in [7, 11) is 0. The lowest BCUT2D eigenvalue weighted by Gasteiger charge is -2.24. The van der Waals surface area contributed by atoms with Crippen molar-refractivity contribution in [2.24, 2.45) is 5.92 Å². The van der Waals surface area contributed by atoms with Crippen LogP contribution in [0.1, 0.15) is 17.1 Å². The first-order valence-corrected chi connectivity index (χ1v) is 7.81. The molecule has 2 aromatic heterocycles. The van der Waals surface area contributed by atoms with Gasteiger partial charge in [-0.05, 0) is 20.3 Å². The molecule has 0 spiro atoms. The molecule has 7 nitrogen and oxygen atoms in total. The number of nitrogens with zero attached hydrogens (tertiary/aromatic N) is 5. The van der Waals surface area contributed by atoms with Crippen LogP contribution < -0.4 is 10.6 Å². The monoisotopic (exact) mass is 314 g/mol. The van der Waals surface area contributed by atoms with Crippen LogP contribution in [0.15, 0.2) is 18.5 Å². The highest BCUT2D eigenvalue weighted by molar-refractivity contribution is 5.43. The van der Waals surface area contributed by atoms with Gasteiger partial charge in [-0.25, -0.2) is 4.98 Å². The zero-order valence-corrected chi connectivity index (χ0v) is 13.6. The van der Waals surface area contributed by atoms with Crippen molar-refractivity contribution in [1.82, 2.24) is 19.9 Å². The van der Waals surface area contributed by atoms with Crippen LogP contribution in [0.3, 0.4) is 0 Å². The van der Waals surface area contributed by atoms with Crippen molar-refractivity contribution in [2.75, 3.05) is 36.9 Å². The molecule has 0 aromatic carbocycles. The van der Waals surface area contributed by atoms with E-state index in [9.17, 15) is 0 Å². The van der Waals surface area contributed by atoms with E-state index >= 15 is 0 Å². The van der Waals surface area contributed by atoms with Gasteiger partial charge in [-0.2, -0.15) is 4.98 Å². The van der Waals surface area contributed by atoms with Crippen molar-refractivity contribution < 1.29 is 4.74 Å². The van der Waals surface area contributed by atoms with Gasteiger partial charge in [0.2, 0.25) is 5.95 Å². The van der Waals surface area contributed by atoms with E-state index in [1.807, 2.05) is 26.1 Å². The summed E-state index contributed by atoms with van der Waals surface area (Å²) in [6.45, 7) is 6.91. The second-order valence-electron chi connectivity index (χ2n) is 5.97. The van der Waals surface area contributed by atoms with E-state index in [1.165, 1.54) is 0 Å². The van der Waals surface area contributed by atoms with Crippen LogP contribution in [0.2, 0.25) is 0 Å². The minimum absolute atomic E-state index is 0.311. The van der Waals surface area contributed by atoms with Crippen LogP contribution in [0.4, 0.5) is 11.8 Å². The molecule has 0 aliphatic carbocycles. The first-order chi connectivity index (χ1) is 11.1. The summed E-state index contributed by atoms with van der Waals surface area (Å²) < 4.78 is 5.75. The summed E-state index contributed by atoms with van der Waals surface area (Å²) in [5.41, 5.74) is 8.57. The van der Waals surface area contributed by atoms with Crippen LogP contribution >= 0.6 is 0 Å². The summed E-state index contributed by atoms with van der Waals surface area (Å²) in [6, 6.07) is 1.96. The Morgan fingerprint density at radius 3 is 2.83 bits per heavy atom. The van der Waals surface area contributed by atoms with Gasteiger partial charge in [0, 0.05) is 43.2 Å². The molecule has 2 aromatic rings. The average molecular weight is 314 g/mol. The molecule has 1 fully saturated rings. The molecule has 1 atom stereocenters. The van der Waals surface area contributed by atoms with E-state index in [0.29, 0.717) is 25.1 Å². The lowest BCUT2D eigenvalue weighted by atomic mass is 10.0. The Balaban J connectivity index is 1.74. The maximum atomic E-state index is 5.78. The van der Waals surface area contributed by atoms with Crippen LogP contribution in [-0.4, -0.2) is 46.2 Å². The highest BCUT2D eigenvalue weighted by Crippen LogP contribution is 2.19.